The number of nitrogens with one attached hydrogen (secondary N) is 2. The lowest BCUT2D eigenvalue weighted by Crippen LogP contribution is -2.44. The lowest BCUT2D eigenvalue weighted by Gasteiger charge is -2.27. The highest BCUT2D eigenvalue weighted by molar-refractivity contribution is 6.80. The first-order valence-corrected chi connectivity index (χ1v) is 17.7. The van der Waals surface area contributed by atoms with E-state index in [2.05, 4.69) is 60.7 Å². The van der Waals surface area contributed by atoms with E-state index in [0.717, 1.165) is 38.4 Å². The number of anilines is 1. The predicted octanol–water partition coefficient (Wildman–Crippen LogP) is 7.09. The number of benzene rings is 3. The minimum Gasteiger partial charge on any atom is -0.403 e. The molecule has 0 aliphatic rings. The third-order valence-corrected chi connectivity index (χ3v) is 10.5. The Morgan fingerprint density at radius 3 is 2.17 bits per heavy atom. The molecule has 0 atom stereocenters. The van der Waals surface area contributed by atoms with Crippen LogP contribution in [0, 0.1) is 0 Å². The summed E-state index contributed by atoms with van der Waals surface area (Å²) < 4.78 is 8.71. The quantitative estimate of drug-likeness (QED) is 0.114. The summed E-state index contributed by atoms with van der Waals surface area (Å²) in [6.07, 6.45) is 6.62. The highest BCUT2D eigenvalue weighted by Crippen LogP contribution is 2.41. The second kappa shape index (κ2) is 15.6. The molecule has 0 spiro atoms. The molecule has 0 fully saturated rings. The molecule has 48 heavy (non-hydrogen) atoms. The molecule has 2 N–H and O–H groups in total. The molecule has 7 nitrogen and oxygen atoms in total. The van der Waals surface area contributed by atoms with E-state index >= 15 is 0 Å². The summed E-state index contributed by atoms with van der Waals surface area (Å²) in [6, 6.07) is 29.8. The highest BCUT2D eigenvalue weighted by Gasteiger charge is 2.28. The van der Waals surface area contributed by atoms with Crippen LogP contribution in [-0.2, 0) is 32.6 Å². The van der Waals surface area contributed by atoms with Crippen LogP contribution < -0.4 is 21.0 Å². The zero-order chi connectivity index (χ0) is 34.3. The number of pyridine rings is 1. The van der Waals surface area contributed by atoms with Crippen LogP contribution in [0.3, 0.4) is 0 Å². The van der Waals surface area contributed by atoms with E-state index in [1.807, 2.05) is 65.4 Å². The fraction of sp³-hybridized carbons (Fsp3) is 0.184. The average molecular weight is 697 g/mol. The summed E-state index contributed by atoms with van der Waals surface area (Å²) >= 11 is 14.3. The Kier molecular flexibility index (Phi) is 11.3. The lowest BCUT2D eigenvalue weighted by molar-refractivity contribution is -0.116. The zero-order valence-electron chi connectivity index (χ0n) is 27.3. The number of hydrogen-bond acceptors (Lipinski definition) is 4. The minimum absolute atomic E-state index is 0.199. The van der Waals surface area contributed by atoms with Gasteiger partial charge in [0.05, 0.1) is 28.9 Å². The van der Waals surface area contributed by atoms with Crippen molar-refractivity contribution in [2.75, 3.05) is 5.32 Å². The van der Waals surface area contributed by atoms with Gasteiger partial charge in [-0.05, 0) is 68.9 Å². The molecule has 10 heteroatoms. The summed E-state index contributed by atoms with van der Waals surface area (Å²) in [5.74, 6) is -0.0179. The van der Waals surface area contributed by atoms with Gasteiger partial charge in [-0.1, -0.05) is 105 Å². The van der Waals surface area contributed by atoms with Crippen molar-refractivity contribution in [2.45, 2.75) is 46.3 Å². The Bertz CT molecular complexity index is 1870. The van der Waals surface area contributed by atoms with Crippen molar-refractivity contribution in [1.82, 2.24) is 14.9 Å². The Morgan fingerprint density at radius 1 is 0.917 bits per heavy atom. The maximum absolute atomic E-state index is 12.8. The molecule has 5 rings (SSSR count). The van der Waals surface area contributed by atoms with Crippen molar-refractivity contribution in [3.05, 3.63) is 142 Å². The molecule has 0 aliphatic carbocycles. The second-order valence-corrected chi connectivity index (χ2v) is 15.1. The van der Waals surface area contributed by atoms with Gasteiger partial charge in [0.2, 0.25) is 11.8 Å². The monoisotopic (exact) mass is 695 g/mol. The van der Waals surface area contributed by atoms with Gasteiger partial charge in [-0.15, -0.1) is 0 Å². The maximum Gasteiger partial charge on any atom is 0.283 e. The van der Waals surface area contributed by atoms with Crippen molar-refractivity contribution in [1.29, 1.82) is 0 Å². The SMILES string of the molecule is CC(=O)Nc1ccc(C=CC(=O)NCc2cccn2-c2cc(CO[Si](c3ccccc3)c3ccccc3)c(Cl)c(C(C)(C)C)c2Cl)cn1. The largest absolute Gasteiger partial charge is 0.403 e. The molecule has 3 aromatic carbocycles. The van der Waals surface area contributed by atoms with Gasteiger partial charge >= 0.3 is 0 Å². The first-order chi connectivity index (χ1) is 23.0. The van der Waals surface area contributed by atoms with E-state index in [1.165, 1.54) is 13.0 Å². The average Bonchev–Trinajstić information content (AvgIpc) is 3.53. The first kappa shape index (κ1) is 34.9. The van der Waals surface area contributed by atoms with E-state index in [-0.39, 0.29) is 23.8 Å². The van der Waals surface area contributed by atoms with Crippen LogP contribution in [0.5, 0.6) is 0 Å². The topological polar surface area (TPSA) is 85.2 Å². The molecule has 0 bridgehead atoms. The minimum atomic E-state index is -1.57. The Hall–Kier alpha value is -4.47. The number of hydrogen-bond donors (Lipinski definition) is 2. The summed E-state index contributed by atoms with van der Waals surface area (Å²) in [7, 11) is -1.57. The Labute approximate surface area is 293 Å². The molecule has 0 aliphatic heterocycles. The predicted molar refractivity (Wildman–Crippen MR) is 197 cm³/mol. The third-order valence-electron chi connectivity index (χ3n) is 7.50. The van der Waals surface area contributed by atoms with Gasteiger partial charge in [-0.3, -0.25) is 9.59 Å². The first-order valence-electron chi connectivity index (χ1n) is 15.5. The Balaban J connectivity index is 1.39. The van der Waals surface area contributed by atoms with Crippen molar-refractivity contribution in [3.8, 4) is 5.69 Å². The van der Waals surface area contributed by atoms with Crippen LogP contribution in [0.4, 0.5) is 5.82 Å². The van der Waals surface area contributed by atoms with E-state index in [4.69, 9.17) is 27.6 Å². The number of nitrogens with zero attached hydrogens (tertiary/aromatic N) is 2. The molecule has 0 saturated heterocycles. The summed E-state index contributed by atoms with van der Waals surface area (Å²) in [5.41, 5.74) is 3.64. The maximum atomic E-state index is 12.8. The van der Waals surface area contributed by atoms with E-state index in [1.54, 1.807) is 24.4 Å². The molecule has 2 heterocycles. The van der Waals surface area contributed by atoms with E-state index < -0.39 is 9.04 Å². The molecular formula is C38H37Cl2N4O3Si. The van der Waals surface area contributed by atoms with Crippen LogP contribution in [-0.4, -0.2) is 30.4 Å². The van der Waals surface area contributed by atoms with Crippen molar-refractivity contribution in [2.24, 2.45) is 0 Å². The lowest BCUT2D eigenvalue weighted by atomic mass is 9.85. The molecule has 245 valence electrons. The zero-order valence-corrected chi connectivity index (χ0v) is 29.8. The fourth-order valence-corrected chi connectivity index (χ4v) is 8.26. The smallest absolute Gasteiger partial charge is 0.283 e. The standard InChI is InChI=1S/C38H37Cl2N4O3Si/c1-26(45)43-33-19-17-27(23-41-33)18-20-34(46)42-24-29-12-11-21-44(29)32-22-28(36(39)35(37(32)40)38(2,3)4)25-47-48(30-13-7-5-8-14-30)31-15-9-6-10-16-31/h5-23H,24-25H2,1-4H3,(H,42,46)(H,41,43,45). The summed E-state index contributed by atoms with van der Waals surface area (Å²) in [6.45, 7) is 8.24. The van der Waals surface area contributed by atoms with Crippen LogP contribution in [0.25, 0.3) is 11.8 Å². The molecule has 5 aromatic rings. The highest BCUT2D eigenvalue weighted by atomic mass is 35.5. The van der Waals surface area contributed by atoms with Gasteiger partial charge in [0.25, 0.3) is 9.04 Å². The van der Waals surface area contributed by atoms with Gasteiger partial charge < -0.3 is 19.6 Å². The number of rotatable bonds is 11. The van der Waals surface area contributed by atoms with Gasteiger partial charge in [0.15, 0.2) is 0 Å². The summed E-state index contributed by atoms with van der Waals surface area (Å²) in [4.78, 5) is 28.2. The molecule has 2 amide bonds. The molecule has 2 aromatic heterocycles. The van der Waals surface area contributed by atoms with Crippen LogP contribution in [0.15, 0.2) is 109 Å². The van der Waals surface area contributed by atoms with E-state index in [0.29, 0.717) is 22.5 Å². The molecule has 0 saturated carbocycles. The number of aromatic nitrogens is 2. The van der Waals surface area contributed by atoms with Gasteiger partial charge in [0, 0.05) is 31.1 Å². The second-order valence-electron chi connectivity index (χ2n) is 12.2. The van der Waals surface area contributed by atoms with Crippen molar-refractivity contribution in [3.63, 3.8) is 0 Å². The number of carbonyl (C=O) groups is 2. The van der Waals surface area contributed by atoms with Crippen molar-refractivity contribution < 1.29 is 14.0 Å². The van der Waals surface area contributed by atoms with Crippen LogP contribution in [0.1, 0.15) is 50.1 Å². The van der Waals surface area contributed by atoms with Gasteiger partial charge in [-0.25, -0.2) is 4.98 Å². The number of amides is 2. The van der Waals surface area contributed by atoms with Gasteiger partial charge in [0.1, 0.15) is 5.82 Å². The molecular weight excluding hydrogens is 659 g/mol. The molecule has 1 radical (unpaired) electrons. The van der Waals surface area contributed by atoms with Crippen LogP contribution >= 0.6 is 23.2 Å². The van der Waals surface area contributed by atoms with Gasteiger partial charge in [-0.2, -0.15) is 0 Å². The number of carbonyl (C=O) groups excluding carboxylic acids is 2. The Morgan fingerprint density at radius 2 is 1.58 bits per heavy atom. The fourth-order valence-electron chi connectivity index (χ4n) is 5.24. The van der Waals surface area contributed by atoms with E-state index in [9.17, 15) is 9.59 Å². The third kappa shape index (κ3) is 8.70. The molecule has 0 unspecified atom stereocenters. The normalized spacial score (nSPS) is 11.6. The van der Waals surface area contributed by atoms with Crippen molar-refractivity contribution >= 4 is 66.3 Å². The number of halogens is 2. The summed E-state index contributed by atoms with van der Waals surface area (Å²) in [5, 5.41) is 9.00. The van der Waals surface area contributed by atoms with Crippen LogP contribution in [0.2, 0.25) is 10.0 Å².